The largest absolute Gasteiger partial charge is 0.496 e. The summed E-state index contributed by atoms with van der Waals surface area (Å²) in [5.74, 6) is -0.174. The molecule has 0 radical (unpaired) electrons. The lowest BCUT2D eigenvalue weighted by Crippen LogP contribution is -2.59. The summed E-state index contributed by atoms with van der Waals surface area (Å²) in [4.78, 5) is 61.1. The van der Waals surface area contributed by atoms with E-state index < -0.39 is 36.3 Å². The van der Waals surface area contributed by atoms with Crippen molar-refractivity contribution in [1.29, 1.82) is 0 Å². The van der Waals surface area contributed by atoms with E-state index in [1.807, 2.05) is 94.9 Å². The number of benzene rings is 2. The number of anilines is 1. The predicted molar refractivity (Wildman–Crippen MR) is 247 cm³/mol. The molecule has 8 unspecified atom stereocenters. The van der Waals surface area contributed by atoms with E-state index in [4.69, 9.17) is 23.7 Å². The molecule has 8 atom stereocenters. The van der Waals surface area contributed by atoms with Crippen LogP contribution in [0, 0.1) is 29.6 Å². The van der Waals surface area contributed by atoms with Crippen LogP contribution in [0.1, 0.15) is 90.0 Å². The van der Waals surface area contributed by atoms with Gasteiger partial charge < -0.3 is 44.1 Å². The first-order valence-electron chi connectivity index (χ1n) is 22.4. The van der Waals surface area contributed by atoms with Gasteiger partial charge in [-0.1, -0.05) is 73.1 Å². The van der Waals surface area contributed by atoms with Crippen LogP contribution in [-0.2, 0) is 46.6 Å². The van der Waals surface area contributed by atoms with Crippen LogP contribution >= 0.6 is 0 Å². The van der Waals surface area contributed by atoms with E-state index >= 15 is 0 Å². The van der Waals surface area contributed by atoms with Gasteiger partial charge in [0.05, 0.1) is 69.8 Å². The fourth-order valence-electron chi connectivity index (χ4n) is 9.30. The zero-order chi connectivity index (χ0) is 46.7. The number of fused-ring (bicyclic) bond motifs is 1. The molecule has 350 valence electrons. The Hall–Kier alpha value is -4.50. The van der Waals surface area contributed by atoms with Gasteiger partial charge in [0.2, 0.25) is 23.6 Å². The molecule has 0 bridgehead atoms. The van der Waals surface area contributed by atoms with E-state index in [0.29, 0.717) is 44.2 Å². The Kier molecular flexibility index (Phi) is 19.0. The lowest BCUT2D eigenvalue weighted by atomic mass is 9.89. The Balaban J connectivity index is 1.43. The number of nitrogens with one attached hydrogen (secondary N) is 2. The quantitative estimate of drug-likeness (QED) is 0.128. The van der Waals surface area contributed by atoms with E-state index in [-0.39, 0.29) is 53.7 Å². The standard InChI is InChI=1S/C49H75N5O9/c1-15-31(6)45(53(10)49(58)43(29(2)3)51-48(57)44(30(4)5)52(8)9)41(61-13)25-42(55)54-21-20-35(26-54)46(62-14)32(7)47(56)50-38-23-33(18-19-39(38)59-11)16-17-34-22-36-27-63-28-37(36)40(24-34)60-12/h16-19,22-24,29-32,35,41,43-46H,15,20-21,25-28H2,1-14H3,(H,50,56)(H,51,57)/b17-16-. The van der Waals surface area contributed by atoms with Gasteiger partial charge in [-0.25, -0.2) is 0 Å². The van der Waals surface area contributed by atoms with Crippen LogP contribution in [-0.4, -0.2) is 131 Å². The van der Waals surface area contributed by atoms with Crippen LogP contribution < -0.4 is 20.1 Å². The number of rotatable bonds is 22. The van der Waals surface area contributed by atoms with Gasteiger partial charge in [-0.2, -0.15) is 0 Å². The highest BCUT2D eigenvalue weighted by Crippen LogP contribution is 2.34. The smallest absolute Gasteiger partial charge is 0.245 e. The molecule has 2 aromatic rings. The van der Waals surface area contributed by atoms with Crippen LogP contribution in [0.25, 0.3) is 12.2 Å². The number of carbonyl (C=O) groups excluding carboxylic acids is 4. The summed E-state index contributed by atoms with van der Waals surface area (Å²) in [6.45, 7) is 15.8. The molecule has 0 spiro atoms. The highest BCUT2D eigenvalue weighted by Gasteiger charge is 2.41. The number of likely N-dealkylation sites (tertiary alicyclic amines) is 1. The zero-order valence-electron chi connectivity index (χ0n) is 40.3. The van der Waals surface area contributed by atoms with Crippen molar-refractivity contribution in [3.8, 4) is 11.5 Å². The number of hydrogen-bond donors (Lipinski definition) is 2. The number of ether oxygens (including phenoxy) is 5. The van der Waals surface area contributed by atoms with Crippen molar-refractivity contribution in [3.05, 3.63) is 52.6 Å². The van der Waals surface area contributed by atoms with Gasteiger partial charge in [0.15, 0.2) is 0 Å². The number of likely N-dealkylation sites (N-methyl/N-ethyl adjacent to an activating group) is 2. The summed E-state index contributed by atoms with van der Waals surface area (Å²) < 4.78 is 28.9. The van der Waals surface area contributed by atoms with Crippen LogP contribution in [0.3, 0.4) is 0 Å². The minimum atomic E-state index is -0.753. The Morgan fingerprint density at radius 1 is 0.857 bits per heavy atom. The van der Waals surface area contributed by atoms with Crippen molar-refractivity contribution < 1.29 is 42.9 Å². The number of hydrogen-bond acceptors (Lipinski definition) is 10. The summed E-state index contributed by atoms with van der Waals surface area (Å²) >= 11 is 0. The molecule has 2 aromatic carbocycles. The van der Waals surface area contributed by atoms with Crippen LogP contribution in [0.15, 0.2) is 30.3 Å². The van der Waals surface area contributed by atoms with Crippen molar-refractivity contribution in [1.82, 2.24) is 20.0 Å². The molecule has 1 fully saturated rings. The second kappa shape index (κ2) is 23.4. The van der Waals surface area contributed by atoms with Gasteiger partial charge >= 0.3 is 0 Å². The predicted octanol–water partition coefficient (Wildman–Crippen LogP) is 6.35. The summed E-state index contributed by atoms with van der Waals surface area (Å²) in [5.41, 5.74) is 4.57. The molecular weight excluding hydrogens is 803 g/mol. The molecule has 14 nitrogen and oxygen atoms in total. The Bertz CT molecular complexity index is 1890. The van der Waals surface area contributed by atoms with Crippen LogP contribution in [0.5, 0.6) is 11.5 Å². The molecule has 0 saturated carbocycles. The SMILES string of the molecule is CCC(C)C(C(CC(=O)N1CCC(C(OC)C(C)C(=O)Nc2cc(/C=C\c3cc4c(c(OC)c3)COC4)ccc2OC)C1)OC)N(C)C(=O)C(NC(=O)C(C(C)C)N(C)C)C(C)C. The van der Waals surface area contributed by atoms with Gasteiger partial charge in [0.1, 0.15) is 17.5 Å². The topological polar surface area (TPSA) is 148 Å². The average molecular weight is 878 g/mol. The van der Waals surface area contributed by atoms with E-state index in [0.717, 1.165) is 34.4 Å². The number of carbonyl (C=O) groups is 4. The van der Waals surface area contributed by atoms with Crippen molar-refractivity contribution >= 4 is 41.5 Å². The van der Waals surface area contributed by atoms with Gasteiger partial charge in [-0.15, -0.1) is 0 Å². The molecule has 4 amide bonds. The fourth-order valence-corrected chi connectivity index (χ4v) is 9.30. The molecule has 14 heteroatoms. The monoisotopic (exact) mass is 878 g/mol. The Morgan fingerprint density at radius 3 is 2.13 bits per heavy atom. The van der Waals surface area contributed by atoms with Crippen molar-refractivity contribution in [3.63, 3.8) is 0 Å². The first-order chi connectivity index (χ1) is 29.9. The second-order valence-corrected chi connectivity index (χ2v) is 18.2. The van der Waals surface area contributed by atoms with Crippen LogP contribution in [0.4, 0.5) is 5.69 Å². The molecular formula is C49H75N5O9. The summed E-state index contributed by atoms with van der Waals surface area (Å²) in [5, 5.41) is 6.13. The maximum Gasteiger partial charge on any atom is 0.245 e. The van der Waals surface area contributed by atoms with Crippen LogP contribution in [0.2, 0.25) is 0 Å². The summed E-state index contributed by atoms with van der Waals surface area (Å²) in [7, 11) is 11.9. The average Bonchev–Trinajstić information content (AvgIpc) is 3.94. The van der Waals surface area contributed by atoms with E-state index in [1.165, 1.54) is 0 Å². The van der Waals surface area contributed by atoms with E-state index in [9.17, 15) is 19.2 Å². The fraction of sp³-hybridized carbons (Fsp3) is 0.633. The first kappa shape index (κ1) is 51.1. The molecule has 1 saturated heterocycles. The normalized spacial score (nSPS) is 18.5. The van der Waals surface area contributed by atoms with Crippen molar-refractivity contribution in [2.24, 2.45) is 29.6 Å². The minimum absolute atomic E-state index is 0.00614. The van der Waals surface area contributed by atoms with Gasteiger partial charge in [0.25, 0.3) is 0 Å². The maximum atomic E-state index is 14.3. The highest BCUT2D eigenvalue weighted by molar-refractivity contribution is 5.95. The Morgan fingerprint density at radius 2 is 1.54 bits per heavy atom. The highest BCUT2D eigenvalue weighted by atomic mass is 16.5. The molecule has 0 aromatic heterocycles. The third-order valence-corrected chi connectivity index (χ3v) is 13.0. The molecule has 2 aliphatic rings. The zero-order valence-corrected chi connectivity index (χ0v) is 40.3. The maximum absolute atomic E-state index is 14.3. The lowest BCUT2D eigenvalue weighted by molar-refractivity contribution is -0.146. The Labute approximate surface area is 376 Å². The number of methoxy groups -OCH3 is 4. The molecule has 0 aliphatic carbocycles. The third kappa shape index (κ3) is 12.6. The minimum Gasteiger partial charge on any atom is -0.496 e. The van der Waals surface area contributed by atoms with E-state index in [1.54, 1.807) is 40.4 Å². The molecule has 2 N–H and O–H groups in total. The molecule has 63 heavy (non-hydrogen) atoms. The van der Waals surface area contributed by atoms with E-state index in [2.05, 4.69) is 30.5 Å². The number of amides is 4. The molecule has 2 heterocycles. The lowest BCUT2D eigenvalue weighted by Gasteiger charge is -2.40. The number of nitrogens with zero attached hydrogens (tertiary/aromatic N) is 3. The van der Waals surface area contributed by atoms with Gasteiger partial charge in [-0.05, 0) is 79.2 Å². The van der Waals surface area contributed by atoms with Gasteiger partial charge in [0, 0.05) is 45.8 Å². The van der Waals surface area contributed by atoms with Crippen molar-refractivity contribution in [2.75, 3.05) is 68.0 Å². The third-order valence-electron chi connectivity index (χ3n) is 13.0. The van der Waals surface area contributed by atoms with Gasteiger partial charge in [-0.3, -0.25) is 24.1 Å². The molecule has 2 aliphatic heterocycles. The first-order valence-corrected chi connectivity index (χ1v) is 22.4. The summed E-state index contributed by atoms with van der Waals surface area (Å²) in [6.07, 6.45) is 4.40. The second-order valence-electron chi connectivity index (χ2n) is 18.2. The summed E-state index contributed by atoms with van der Waals surface area (Å²) in [6, 6.07) is 8.14. The molecule has 4 rings (SSSR count). The van der Waals surface area contributed by atoms with Crippen molar-refractivity contribution in [2.45, 2.75) is 111 Å².